The van der Waals surface area contributed by atoms with E-state index in [0.29, 0.717) is 12.8 Å². The summed E-state index contributed by atoms with van der Waals surface area (Å²) >= 11 is 0. The monoisotopic (exact) mass is 308 g/mol. The molecule has 6 nitrogen and oxygen atoms in total. The molecule has 1 N–H and O–H groups in total. The second-order valence-electron chi connectivity index (χ2n) is 4.99. The molecule has 0 spiro atoms. The van der Waals surface area contributed by atoms with Gasteiger partial charge in [-0.3, -0.25) is 4.79 Å². The first-order valence-electron chi connectivity index (χ1n) is 6.69. The quantitative estimate of drug-likeness (QED) is 0.890. The molecule has 1 aliphatic rings. The highest BCUT2D eigenvalue weighted by Gasteiger charge is 2.35. The molecule has 1 fully saturated rings. The van der Waals surface area contributed by atoms with E-state index in [4.69, 9.17) is 10.4 Å². The molecule has 0 bridgehead atoms. The maximum absolute atomic E-state index is 12.7. The van der Waals surface area contributed by atoms with E-state index in [0.717, 1.165) is 17.1 Å². The van der Waals surface area contributed by atoms with Crippen LogP contribution in [0.5, 0.6) is 0 Å². The van der Waals surface area contributed by atoms with E-state index >= 15 is 0 Å². The highest BCUT2D eigenvalue weighted by Crippen LogP contribution is 2.29. The minimum Gasteiger partial charge on any atom is -0.480 e. The lowest BCUT2D eigenvalue weighted by atomic mass is 10.2. The van der Waals surface area contributed by atoms with Gasteiger partial charge in [0, 0.05) is 6.04 Å². The Morgan fingerprint density at radius 3 is 2.52 bits per heavy atom. The maximum atomic E-state index is 12.7. The molecule has 0 amide bonds. The average molecular weight is 308 g/mol. The lowest BCUT2D eigenvalue weighted by Crippen LogP contribution is -2.42. The molecule has 0 aliphatic heterocycles. The van der Waals surface area contributed by atoms with Gasteiger partial charge < -0.3 is 5.11 Å². The summed E-state index contributed by atoms with van der Waals surface area (Å²) in [6, 6.07) is 7.41. The number of aliphatic carboxylic acids is 1. The first-order chi connectivity index (χ1) is 9.96. The van der Waals surface area contributed by atoms with Crippen LogP contribution >= 0.6 is 0 Å². The van der Waals surface area contributed by atoms with E-state index in [2.05, 4.69) is 0 Å². The van der Waals surface area contributed by atoms with Crippen molar-refractivity contribution in [2.75, 3.05) is 6.54 Å². The number of sulfonamides is 1. The van der Waals surface area contributed by atoms with Crippen LogP contribution in [-0.2, 0) is 14.8 Å². The van der Waals surface area contributed by atoms with E-state index in [1.54, 1.807) is 6.07 Å². The molecule has 0 atom stereocenters. The molecule has 1 aliphatic carbocycles. The molecule has 1 aromatic carbocycles. The lowest BCUT2D eigenvalue weighted by molar-refractivity contribution is -0.137. The first kappa shape index (κ1) is 15.5. The predicted molar refractivity (Wildman–Crippen MR) is 74.9 cm³/mol. The van der Waals surface area contributed by atoms with E-state index in [9.17, 15) is 13.2 Å². The standard InChI is InChI=1S/C14H16N2O4S/c15-9-11-5-1-4-8-13(11)21(19,20)16(10-14(17)18)12-6-2-3-7-12/h1,4-5,8,12H,2-3,6-7,10H2,(H,17,18). The SMILES string of the molecule is N#Cc1ccccc1S(=O)(=O)N(CC(=O)O)C1CCCC1. The van der Waals surface area contributed by atoms with Crippen LogP contribution in [0.1, 0.15) is 31.2 Å². The smallest absolute Gasteiger partial charge is 0.318 e. The summed E-state index contributed by atoms with van der Waals surface area (Å²) < 4.78 is 26.5. The van der Waals surface area contributed by atoms with Crippen LogP contribution in [0.4, 0.5) is 0 Å². The fraction of sp³-hybridized carbons (Fsp3) is 0.429. The molecule has 0 aromatic heterocycles. The number of carboxylic acids is 1. The van der Waals surface area contributed by atoms with E-state index in [1.165, 1.54) is 18.2 Å². The Bertz CT molecular complexity index is 672. The normalized spacial score (nSPS) is 16.0. The van der Waals surface area contributed by atoms with Crippen molar-refractivity contribution in [2.24, 2.45) is 0 Å². The highest BCUT2D eigenvalue weighted by atomic mass is 32.2. The number of carbonyl (C=O) groups is 1. The molecule has 1 aromatic rings. The fourth-order valence-corrected chi connectivity index (χ4v) is 4.42. The third-order valence-electron chi connectivity index (χ3n) is 3.62. The van der Waals surface area contributed by atoms with Crippen LogP contribution in [0.3, 0.4) is 0 Å². The first-order valence-corrected chi connectivity index (χ1v) is 8.13. The van der Waals surface area contributed by atoms with E-state index < -0.39 is 22.5 Å². The van der Waals surface area contributed by atoms with Gasteiger partial charge in [0.1, 0.15) is 12.6 Å². The summed E-state index contributed by atoms with van der Waals surface area (Å²) in [5, 5.41) is 18.1. The van der Waals surface area contributed by atoms with Gasteiger partial charge in [-0.15, -0.1) is 0 Å². The number of benzene rings is 1. The van der Waals surface area contributed by atoms with Crippen molar-refractivity contribution in [3.05, 3.63) is 29.8 Å². The Balaban J connectivity index is 2.46. The topological polar surface area (TPSA) is 98.5 Å². The number of hydrogen-bond acceptors (Lipinski definition) is 4. The Labute approximate surface area is 123 Å². The van der Waals surface area contributed by atoms with Crippen LogP contribution in [0.25, 0.3) is 0 Å². The van der Waals surface area contributed by atoms with E-state index in [1.807, 2.05) is 6.07 Å². The van der Waals surface area contributed by atoms with Gasteiger partial charge in [-0.25, -0.2) is 8.42 Å². The fourth-order valence-electron chi connectivity index (χ4n) is 2.65. The van der Waals surface area contributed by atoms with Gasteiger partial charge in [0.2, 0.25) is 10.0 Å². The Morgan fingerprint density at radius 2 is 1.95 bits per heavy atom. The Kier molecular flexibility index (Phi) is 4.60. The molecule has 21 heavy (non-hydrogen) atoms. The molecule has 0 unspecified atom stereocenters. The van der Waals surface area contributed by atoms with Crippen LogP contribution in [-0.4, -0.2) is 36.4 Å². The summed E-state index contributed by atoms with van der Waals surface area (Å²) in [7, 11) is -3.99. The predicted octanol–water partition coefficient (Wildman–Crippen LogP) is 1.58. The summed E-state index contributed by atoms with van der Waals surface area (Å²) in [6.45, 7) is -0.577. The van der Waals surface area contributed by atoms with Crippen molar-refractivity contribution >= 4 is 16.0 Å². The minimum atomic E-state index is -3.99. The van der Waals surface area contributed by atoms with E-state index in [-0.39, 0.29) is 16.5 Å². The van der Waals surface area contributed by atoms with Crippen LogP contribution in [0.15, 0.2) is 29.2 Å². The number of nitriles is 1. The van der Waals surface area contributed by atoms with Crippen molar-refractivity contribution in [3.8, 4) is 6.07 Å². The average Bonchev–Trinajstić information content (AvgIpc) is 2.98. The third-order valence-corrected chi connectivity index (χ3v) is 5.57. The molecule has 1 saturated carbocycles. The van der Waals surface area contributed by atoms with Crippen molar-refractivity contribution in [1.29, 1.82) is 5.26 Å². The molecule has 0 radical (unpaired) electrons. The highest BCUT2D eigenvalue weighted by molar-refractivity contribution is 7.89. The molecule has 0 heterocycles. The van der Waals surface area contributed by atoms with Crippen molar-refractivity contribution in [1.82, 2.24) is 4.31 Å². The number of rotatable bonds is 5. The Hall–Kier alpha value is -1.91. The van der Waals surface area contributed by atoms with Crippen LogP contribution < -0.4 is 0 Å². The van der Waals surface area contributed by atoms with Gasteiger partial charge in [0.25, 0.3) is 0 Å². The van der Waals surface area contributed by atoms with Gasteiger partial charge in [0.05, 0.1) is 10.5 Å². The van der Waals surface area contributed by atoms with Gasteiger partial charge in [-0.2, -0.15) is 9.57 Å². The van der Waals surface area contributed by atoms with Gasteiger partial charge in [-0.05, 0) is 25.0 Å². The zero-order valence-corrected chi connectivity index (χ0v) is 12.2. The third kappa shape index (κ3) is 3.23. The maximum Gasteiger partial charge on any atom is 0.318 e. The Morgan fingerprint density at radius 1 is 1.33 bits per heavy atom. The summed E-state index contributed by atoms with van der Waals surface area (Å²) in [5.74, 6) is -1.19. The number of hydrogen-bond donors (Lipinski definition) is 1. The summed E-state index contributed by atoms with van der Waals surface area (Å²) in [5.41, 5.74) is 0.0332. The molecule has 112 valence electrons. The van der Waals surface area contributed by atoms with Crippen LogP contribution in [0.2, 0.25) is 0 Å². The molecule has 2 rings (SSSR count). The number of carboxylic acid groups (broad SMARTS) is 1. The number of nitrogens with zero attached hydrogens (tertiary/aromatic N) is 2. The molecular formula is C14H16N2O4S. The second kappa shape index (κ2) is 6.24. The summed E-state index contributed by atoms with van der Waals surface area (Å²) in [4.78, 5) is 10.9. The molecule has 7 heteroatoms. The van der Waals surface area contributed by atoms with Gasteiger partial charge in [-0.1, -0.05) is 25.0 Å². The lowest BCUT2D eigenvalue weighted by Gasteiger charge is -2.26. The van der Waals surface area contributed by atoms with Crippen molar-refractivity contribution in [2.45, 2.75) is 36.6 Å². The van der Waals surface area contributed by atoms with Crippen molar-refractivity contribution < 1.29 is 18.3 Å². The van der Waals surface area contributed by atoms with Crippen molar-refractivity contribution in [3.63, 3.8) is 0 Å². The van der Waals surface area contributed by atoms with Gasteiger partial charge >= 0.3 is 5.97 Å². The second-order valence-corrected chi connectivity index (χ2v) is 6.85. The largest absolute Gasteiger partial charge is 0.480 e. The van der Waals surface area contributed by atoms with Gasteiger partial charge in [0.15, 0.2) is 0 Å². The van der Waals surface area contributed by atoms with Crippen LogP contribution in [0, 0.1) is 11.3 Å². The zero-order chi connectivity index (χ0) is 15.5. The zero-order valence-electron chi connectivity index (χ0n) is 11.4. The summed E-state index contributed by atoms with van der Waals surface area (Å²) in [6.07, 6.45) is 3.08. The molecule has 0 saturated heterocycles. The molecular weight excluding hydrogens is 292 g/mol. The minimum absolute atomic E-state index is 0.0332.